The Bertz CT molecular complexity index is 403. The Kier molecular flexibility index (Phi) is 3.78. The Morgan fingerprint density at radius 3 is 2.73 bits per heavy atom. The second kappa shape index (κ2) is 4.69. The summed E-state index contributed by atoms with van der Waals surface area (Å²) in [6.07, 6.45) is 6.02. The summed E-state index contributed by atoms with van der Waals surface area (Å²) >= 11 is 11.5. The third-order valence-electron chi connectivity index (χ3n) is 2.00. The number of nitrogens with zero attached hydrogens (tertiary/aromatic N) is 2. The maximum absolute atomic E-state index is 5.79. The zero-order chi connectivity index (χ0) is 11.5. The van der Waals surface area contributed by atoms with Crippen LogP contribution < -0.4 is 4.74 Å². The second-order valence-electron chi connectivity index (χ2n) is 3.15. The quantitative estimate of drug-likeness (QED) is 0.768. The first-order valence-electron chi connectivity index (χ1n) is 4.36. The number of terminal acetylenes is 1. The summed E-state index contributed by atoms with van der Waals surface area (Å²) in [5.41, 5.74) is -0.712. The van der Waals surface area contributed by atoms with E-state index in [1.807, 2.05) is 6.92 Å². The van der Waals surface area contributed by atoms with Crippen LogP contribution >= 0.6 is 23.2 Å². The predicted octanol–water partition coefficient (Wildman–Crippen LogP) is 2.96. The van der Waals surface area contributed by atoms with Crippen molar-refractivity contribution >= 4 is 23.2 Å². The number of ether oxygens (including phenoxy) is 1. The van der Waals surface area contributed by atoms with Crippen LogP contribution in [0.2, 0.25) is 10.3 Å². The van der Waals surface area contributed by atoms with Gasteiger partial charge >= 0.3 is 0 Å². The van der Waals surface area contributed by atoms with Gasteiger partial charge in [0.2, 0.25) is 0 Å². The molecule has 0 aliphatic heterocycles. The summed E-state index contributed by atoms with van der Waals surface area (Å²) in [7, 11) is 0. The average molecular weight is 245 g/mol. The first kappa shape index (κ1) is 12.1. The molecule has 0 aromatic carbocycles. The van der Waals surface area contributed by atoms with Crippen molar-refractivity contribution in [3.05, 3.63) is 16.4 Å². The van der Waals surface area contributed by atoms with E-state index in [9.17, 15) is 0 Å². The normalized spacial score (nSPS) is 14.1. The molecule has 1 unspecified atom stereocenters. The summed E-state index contributed by atoms with van der Waals surface area (Å²) in [4.78, 5) is 0. The zero-order valence-electron chi connectivity index (χ0n) is 8.42. The van der Waals surface area contributed by atoms with E-state index in [1.54, 1.807) is 6.92 Å². The first-order valence-corrected chi connectivity index (χ1v) is 5.12. The summed E-state index contributed by atoms with van der Waals surface area (Å²) in [6, 6.07) is 1.49. The van der Waals surface area contributed by atoms with Gasteiger partial charge in [0.05, 0.1) is 0 Å². The lowest BCUT2D eigenvalue weighted by atomic mass is 10.1. The van der Waals surface area contributed by atoms with Gasteiger partial charge in [-0.25, -0.2) is 0 Å². The number of aromatic nitrogens is 2. The second-order valence-corrected chi connectivity index (χ2v) is 3.90. The maximum Gasteiger partial charge on any atom is 0.193 e. The molecule has 5 heteroatoms. The average Bonchev–Trinajstić information content (AvgIpc) is 2.23. The van der Waals surface area contributed by atoms with Crippen LogP contribution in [-0.4, -0.2) is 15.8 Å². The fourth-order valence-electron chi connectivity index (χ4n) is 0.855. The van der Waals surface area contributed by atoms with Crippen molar-refractivity contribution in [3.63, 3.8) is 0 Å². The van der Waals surface area contributed by atoms with Crippen molar-refractivity contribution in [3.8, 4) is 18.1 Å². The molecule has 0 radical (unpaired) electrons. The van der Waals surface area contributed by atoms with Crippen molar-refractivity contribution in [2.75, 3.05) is 0 Å². The van der Waals surface area contributed by atoms with E-state index < -0.39 is 5.60 Å². The van der Waals surface area contributed by atoms with Gasteiger partial charge in [0, 0.05) is 6.07 Å². The Balaban J connectivity index is 2.99. The van der Waals surface area contributed by atoms with E-state index in [-0.39, 0.29) is 10.3 Å². The highest BCUT2D eigenvalue weighted by molar-refractivity contribution is 6.32. The van der Waals surface area contributed by atoms with Crippen molar-refractivity contribution < 1.29 is 4.74 Å². The van der Waals surface area contributed by atoms with Crippen LogP contribution in [0.4, 0.5) is 0 Å². The van der Waals surface area contributed by atoms with Crippen LogP contribution in [0, 0.1) is 12.3 Å². The summed E-state index contributed by atoms with van der Waals surface area (Å²) in [6.45, 7) is 3.71. The largest absolute Gasteiger partial charge is 0.471 e. The maximum atomic E-state index is 5.79. The summed E-state index contributed by atoms with van der Waals surface area (Å²) in [5, 5.41) is 7.55. The minimum atomic E-state index is -0.712. The van der Waals surface area contributed by atoms with Crippen LogP contribution in [0.3, 0.4) is 0 Å². The predicted molar refractivity (Wildman–Crippen MR) is 60.2 cm³/mol. The van der Waals surface area contributed by atoms with E-state index >= 15 is 0 Å². The van der Waals surface area contributed by atoms with Gasteiger partial charge in [-0.2, -0.15) is 0 Å². The smallest absolute Gasteiger partial charge is 0.193 e. The third kappa shape index (κ3) is 2.98. The molecule has 0 N–H and O–H groups in total. The molecule has 0 saturated carbocycles. The van der Waals surface area contributed by atoms with Gasteiger partial charge < -0.3 is 4.74 Å². The molecule has 0 aliphatic carbocycles. The van der Waals surface area contributed by atoms with Crippen LogP contribution in [-0.2, 0) is 0 Å². The SMILES string of the molecule is C#CC(C)(CC)Oc1cc(Cl)nnc1Cl. The Morgan fingerprint density at radius 2 is 2.20 bits per heavy atom. The molecule has 1 heterocycles. The topological polar surface area (TPSA) is 35.0 Å². The number of hydrogen-bond acceptors (Lipinski definition) is 3. The van der Waals surface area contributed by atoms with Crippen molar-refractivity contribution in [1.29, 1.82) is 0 Å². The molecule has 1 aromatic heterocycles. The highest BCUT2D eigenvalue weighted by atomic mass is 35.5. The van der Waals surface area contributed by atoms with Crippen molar-refractivity contribution in [2.24, 2.45) is 0 Å². The molecule has 3 nitrogen and oxygen atoms in total. The van der Waals surface area contributed by atoms with Gasteiger partial charge in [-0.15, -0.1) is 16.6 Å². The van der Waals surface area contributed by atoms with Crippen molar-refractivity contribution in [1.82, 2.24) is 10.2 Å². The molecule has 0 spiro atoms. The molecule has 0 saturated heterocycles. The number of rotatable bonds is 3. The molecule has 0 bridgehead atoms. The van der Waals surface area contributed by atoms with Gasteiger partial charge in [-0.3, -0.25) is 0 Å². The molecule has 0 fully saturated rings. The minimum absolute atomic E-state index is 0.148. The highest BCUT2D eigenvalue weighted by Gasteiger charge is 2.22. The van der Waals surface area contributed by atoms with E-state index in [2.05, 4.69) is 16.1 Å². The fourth-order valence-corrected chi connectivity index (χ4v) is 1.12. The number of halogens is 2. The van der Waals surface area contributed by atoms with E-state index in [0.717, 1.165) is 0 Å². The van der Waals surface area contributed by atoms with Gasteiger partial charge in [-0.1, -0.05) is 36.0 Å². The molecule has 0 aliphatic rings. The van der Waals surface area contributed by atoms with Gasteiger partial charge in [0.25, 0.3) is 0 Å². The summed E-state index contributed by atoms with van der Waals surface area (Å²) in [5.74, 6) is 2.90. The standard InChI is InChI=1S/C10H10Cl2N2O/c1-4-10(3,5-2)15-7-6-8(11)13-14-9(7)12/h1,6H,5H2,2-3H3. The van der Waals surface area contributed by atoms with Gasteiger partial charge in [0.15, 0.2) is 21.7 Å². The monoisotopic (exact) mass is 244 g/mol. The molecular weight excluding hydrogens is 235 g/mol. The van der Waals surface area contributed by atoms with Gasteiger partial charge in [0.1, 0.15) is 0 Å². The fraction of sp³-hybridized carbons (Fsp3) is 0.400. The highest BCUT2D eigenvalue weighted by Crippen LogP contribution is 2.28. The molecular formula is C10H10Cl2N2O. The van der Waals surface area contributed by atoms with Crippen molar-refractivity contribution in [2.45, 2.75) is 25.9 Å². The van der Waals surface area contributed by atoms with E-state index in [1.165, 1.54) is 6.07 Å². The Hall–Kier alpha value is -0.980. The van der Waals surface area contributed by atoms with Gasteiger partial charge in [-0.05, 0) is 13.3 Å². The molecule has 80 valence electrons. The molecule has 15 heavy (non-hydrogen) atoms. The zero-order valence-corrected chi connectivity index (χ0v) is 9.93. The molecule has 1 rings (SSSR count). The molecule has 0 amide bonds. The lowest BCUT2D eigenvalue weighted by molar-refractivity contribution is 0.146. The third-order valence-corrected chi connectivity index (χ3v) is 2.45. The van der Waals surface area contributed by atoms with E-state index in [4.69, 9.17) is 34.4 Å². The van der Waals surface area contributed by atoms with Crippen LogP contribution in [0.15, 0.2) is 6.07 Å². The number of hydrogen-bond donors (Lipinski definition) is 0. The minimum Gasteiger partial charge on any atom is -0.471 e. The lowest BCUT2D eigenvalue weighted by Crippen LogP contribution is -2.29. The van der Waals surface area contributed by atoms with E-state index in [0.29, 0.717) is 12.2 Å². The Labute approximate surface area is 98.7 Å². The summed E-state index contributed by atoms with van der Waals surface area (Å²) < 4.78 is 5.56. The van der Waals surface area contributed by atoms with Crippen LogP contribution in [0.1, 0.15) is 20.3 Å². The first-order chi connectivity index (χ1) is 7.00. The Morgan fingerprint density at radius 1 is 1.53 bits per heavy atom. The molecule has 1 atom stereocenters. The van der Waals surface area contributed by atoms with Crippen LogP contribution in [0.25, 0.3) is 0 Å². The lowest BCUT2D eigenvalue weighted by Gasteiger charge is -2.23. The van der Waals surface area contributed by atoms with Crippen LogP contribution in [0.5, 0.6) is 5.75 Å². The molecule has 1 aromatic rings.